The molecule has 2 aromatic heterocycles. The van der Waals surface area contributed by atoms with E-state index in [9.17, 15) is 0 Å². The number of anilines is 9. The fraction of sp³-hybridized carbons (Fsp3) is 0. The Labute approximate surface area is 414 Å². The Balaban J connectivity index is 0.959. The van der Waals surface area contributed by atoms with Gasteiger partial charge < -0.3 is 19.1 Å². The van der Waals surface area contributed by atoms with Crippen LogP contribution in [0.3, 0.4) is 0 Å². The van der Waals surface area contributed by atoms with Crippen LogP contribution in [0.25, 0.3) is 74.4 Å². The number of benzene rings is 12. The van der Waals surface area contributed by atoms with Crippen molar-refractivity contribution in [2.75, 3.05) is 14.7 Å². The highest BCUT2D eigenvalue weighted by atomic mass is 32.1. The Bertz CT molecular complexity index is 4190. The Morgan fingerprint density at radius 2 is 0.535 bits per heavy atom. The van der Waals surface area contributed by atoms with Crippen LogP contribution >= 0.6 is 11.3 Å². The van der Waals surface area contributed by atoms with Crippen LogP contribution < -0.4 is 14.7 Å². The smallest absolute Gasteiger partial charge is 0.135 e. The third-order valence-corrected chi connectivity index (χ3v) is 15.1. The van der Waals surface area contributed by atoms with Gasteiger partial charge in [-0.3, -0.25) is 0 Å². The lowest BCUT2D eigenvalue weighted by molar-refractivity contribution is 0.669. The molecule has 2 heterocycles. The molecule has 0 aliphatic rings. The summed E-state index contributed by atoms with van der Waals surface area (Å²) >= 11 is 1.84. The Morgan fingerprint density at radius 1 is 0.211 bits per heavy atom. The van der Waals surface area contributed by atoms with Crippen LogP contribution in [-0.2, 0) is 0 Å². The number of hydrogen-bond donors (Lipinski definition) is 0. The molecule has 0 amide bonds. The molecule has 0 saturated carbocycles. The highest BCUT2D eigenvalue weighted by Gasteiger charge is 2.21. The van der Waals surface area contributed by atoms with Crippen LogP contribution in [0.2, 0.25) is 0 Å². The van der Waals surface area contributed by atoms with E-state index in [1.54, 1.807) is 0 Å². The van der Waals surface area contributed by atoms with Gasteiger partial charge in [0.05, 0.1) is 0 Å². The van der Waals surface area contributed by atoms with Crippen LogP contribution in [0.15, 0.2) is 265 Å². The van der Waals surface area contributed by atoms with E-state index in [4.69, 9.17) is 4.42 Å². The first-order valence-electron chi connectivity index (χ1n) is 24.1. The lowest BCUT2D eigenvalue weighted by atomic mass is 9.94. The lowest BCUT2D eigenvalue weighted by Crippen LogP contribution is -2.10. The number of hydrogen-bond acceptors (Lipinski definition) is 5. The van der Waals surface area contributed by atoms with Crippen molar-refractivity contribution in [2.24, 2.45) is 0 Å². The Hall–Kier alpha value is -9.16. The summed E-state index contributed by atoms with van der Waals surface area (Å²) in [6, 6.07) is 94.1. The third kappa shape index (κ3) is 6.97. The van der Waals surface area contributed by atoms with Gasteiger partial charge in [-0.15, -0.1) is 11.3 Å². The summed E-state index contributed by atoms with van der Waals surface area (Å²) in [5, 5.41) is 12.0. The van der Waals surface area contributed by atoms with E-state index in [0.29, 0.717) is 0 Å². The second-order valence-corrected chi connectivity index (χ2v) is 19.2. The minimum absolute atomic E-state index is 0.845. The van der Waals surface area contributed by atoms with Gasteiger partial charge in [-0.2, -0.15) is 0 Å². The zero-order chi connectivity index (χ0) is 46.8. The largest absolute Gasteiger partial charge is 0.456 e. The standard InChI is InChI=1S/C66H43N3OS/c1-5-17-44(18-6-1)67(45-19-7-2-8-20-45)49-31-36-63-60(40-49)61-41-50(32-37-64(61)70-63)69(48-29-34-57-55-27-14-13-25-53(55)54-26-15-16-28-56(54)59(57)39-48)51-33-38-65-62(42-51)58-35-30-52(43-66(58)71-65)68(46-21-9-3-10-22-46)47-23-11-4-12-24-47/h1-43H. The predicted octanol–water partition coefficient (Wildman–Crippen LogP) is 19.8. The van der Waals surface area contributed by atoms with Crippen molar-refractivity contribution in [3.05, 3.63) is 261 Å². The maximum Gasteiger partial charge on any atom is 0.135 e. The highest BCUT2D eigenvalue weighted by Crippen LogP contribution is 2.47. The molecule has 14 aromatic rings. The summed E-state index contributed by atoms with van der Waals surface area (Å²) in [6.45, 7) is 0. The SMILES string of the molecule is c1ccc(N(c2ccccc2)c2ccc3c(c2)sc2ccc(N(c4ccc5oc6ccc(N(c7ccccc7)c7ccccc7)cc6c5c4)c4ccc5c6ccccc6c6ccccc6c5c4)cc23)cc1. The maximum atomic E-state index is 6.63. The van der Waals surface area contributed by atoms with Crippen LogP contribution in [0.5, 0.6) is 0 Å². The number of para-hydroxylation sites is 4. The van der Waals surface area contributed by atoms with Crippen molar-refractivity contribution >= 4 is 137 Å². The van der Waals surface area contributed by atoms with E-state index in [1.807, 2.05) is 11.3 Å². The molecular formula is C66H43N3OS. The molecule has 0 aliphatic carbocycles. The maximum absolute atomic E-state index is 6.63. The molecule has 0 fully saturated rings. The normalized spacial score (nSPS) is 11.7. The predicted molar refractivity (Wildman–Crippen MR) is 303 cm³/mol. The van der Waals surface area contributed by atoms with Crippen LogP contribution in [0.4, 0.5) is 51.2 Å². The number of nitrogens with zero attached hydrogens (tertiary/aromatic N) is 3. The van der Waals surface area contributed by atoms with Gasteiger partial charge >= 0.3 is 0 Å². The van der Waals surface area contributed by atoms with Gasteiger partial charge in [-0.1, -0.05) is 133 Å². The van der Waals surface area contributed by atoms with E-state index in [0.717, 1.165) is 73.1 Å². The van der Waals surface area contributed by atoms with E-state index < -0.39 is 0 Å². The van der Waals surface area contributed by atoms with Gasteiger partial charge in [0.1, 0.15) is 11.2 Å². The van der Waals surface area contributed by atoms with Crippen LogP contribution in [0.1, 0.15) is 0 Å². The zero-order valence-corrected chi connectivity index (χ0v) is 39.3. The zero-order valence-electron chi connectivity index (χ0n) is 38.5. The monoisotopic (exact) mass is 925 g/mol. The first-order valence-corrected chi connectivity index (χ1v) is 24.9. The van der Waals surface area contributed by atoms with E-state index in [-0.39, 0.29) is 0 Å². The molecule has 12 aromatic carbocycles. The molecule has 0 atom stereocenters. The molecule has 0 aliphatic heterocycles. The average Bonchev–Trinajstić information content (AvgIpc) is 3.99. The van der Waals surface area contributed by atoms with E-state index >= 15 is 0 Å². The molecule has 334 valence electrons. The van der Waals surface area contributed by atoms with Gasteiger partial charge in [-0.25, -0.2) is 0 Å². The topological polar surface area (TPSA) is 22.9 Å². The molecule has 4 nitrogen and oxygen atoms in total. The highest BCUT2D eigenvalue weighted by molar-refractivity contribution is 7.25. The fourth-order valence-electron chi connectivity index (χ4n) is 10.7. The fourth-order valence-corrected chi connectivity index (χ4v) is 11.9. The summed E-state index contributed by atoms with van der Waals surface area (Å²) in [4.78, 5) is 7.07. The molecule has 71 heavy (non-hydrogen) atoms. The second kappa shape index (κ2) is 16.8. The quantitative estimate of drug-likeness (QED) is 0.135. The van der Waals surface area contributed by atoms with Crippen molar-refractivity contribution in [1.29, 1.82) is 0 Å². The molecular weight excluding hydrogens is 883 g/mol. The number of fused-ring (bicyclic) bond motifs is 12. The van der Waals surface area contributed by atoms with Gasteiger partial charge in [0.15, 0.2) is 0 Å². The molecule has 0 N–H and O–H groups in total. The molecule has 5 heteroatoms. The molecule has 0 bridgehead atoms. The molecule has 0 unspecified atom stereocenters. The summed E-state index contributed by atoms with van der Waals surface area (Å²) in [7, 11) is 0. The van der Waals surface area contributed by atoms with Crippen molar-refractivity contribution in [3.63, 3.8) is 0 Å². The van der Waals surface area contributed by atoms with Gasteiger partial charge in [0.25, 0.3) is 0 Å². The number of thiophene rings is 1. The first kappa shape index (κ1) is 40.9. The minimum Gasteiger partial charge on any atom is -0.456 e. The molecule has 0 radical (unpaired) electrons. The molecule has 0 spiro atoms. The van der Waals surface area contributed by atoms with Gasteiger partial charge in [0, 0.05) is 82.1 Å². The number of furan rings is 1. The van der Waals surface area contributed by atoms with Gasteiger partial charge in [0.2, 0.25) is 0 Å². The summed E-state index contributed by atoms with van der Waals surface area (Å²) in [6.07, 6.45) is 0. The van der Waals surface area contributed by atoms with Crippen molar-refractivity contribution in [3.8, 4) is 0 Å². The van der Waals surface area contributed by atoms with Crippen molar-refractivity contribution in [2.45, 2.75) is 0 Å². The summed E-state index contributed by atoms with van der Waals surface area (Å²) < 4.78 is 9.11. The van der Waals surface area contributed by atoms with E-state index in [1.165, 1.54) is 52.5 Å². The summed E-state index contributed by atoms with van der Waals surface area (Å²) in [5.74, 6) is 0. The van der Waals surface area contributed by atoms with E-state index in [2.05, 4.69) is 276 Å². The second-order valence-electron chi connectivity index (χ2n) is 18.1. The minimum atomic E-state index is 0.845. The number of rotatable bonds is 9. The molecule has 0 saturated heterocycles. The van der Waals surface area contributed by atoms with Crippen molar-refractivity contribution in [1.82, 2.24) is 0 Å². The molecule has 14 rings (SSSR count). The van der Waals surface area contributed by atoms with Crippen LogP contribution in [0, 0.1) is 0 Å². The average molecular weight is 926 g/mol. The van der Waals surface area contributed by atoms with Crippen LogP contribution in [-0.4, -0.2) is 0 Å². The third-order valence-electron chi connectivity index (χ3n) is 14.0. The lowest BCUT2D eigenvalue weighted by Gasteiger charge is -2.26. The summed E-state index contributed by atoms with van der Waals surface area (Å²) in [5.41, 5.74) is 11.5. The Morgan fingerprint density at radius 3 is 1.00 bits per heavy atom. The van der Waals surface area contributed by atoms with Gasteiger partial charge in [-0.05, 0) is 160 Å². The first-order chi connectivity index (χ1) is 35.2. The Kier molecular flexibility index (Phi) is 9.68. The van der Waals surface area contributed by atoms with Crippen molar-refractivity contribution < 1.29 is 4.42 Å².